The fourth-order valence-corrected chi connectivity index (χ4v) is 4.12. The molecular formula is C23H22N4OS. The van der Waals surface area contributed by atoms with Gasteiger partial charge in [-0.3, -0.25) is 4.79 Å². The molecule has 2 aromatic heterocycles. The summed E-state index contributed by atoms with van der Waals surface area (Å²) in [6, 6.07) is 16.3. The minimum absolute atomic E-state index is 0.160. The van der Waals surface area contributed by atoms with E-state index in [2.05, 4.69) is 46.5 Å². The van der Waals surface area contributed by atoms with Crippen molar-refractivity contribution in [1.82, 2.24) is 15.4 Å². The summed E-state index contributed by atoms with van der Waals surface area (Å²) < 4.78 is 0. The number of hydrogen-bond donors (Lipinski definition) is 2. The first kappa shape index (κ1) is 19.2. The van der Waals surface area contributed by atoms with Gasteiger partial charge < -0.3 is 4.98 Å². The summed E-state index contributed by atoms with van der Waals surface area (Å²) in [6.45, 7) is 6.14. The average molecular weight is 403 g/mol. The van der Waals surface area contributed by atoms with E-state index in [1.165, 1.54) is 17.3 Å². The van der Waals surface area contributed by atoms with Crippen LogP contribution in [0.3, 0.4) is 0 Å². The number of benzene rings is 2. The minimum atomic E-state index is -0.160. The molecule has 0 aliphatic rings. The van der Waals surface area contributed by atoms with Gasteiger partial charge in [-0.2, -0.15) is 5.10 Å². The predicted octanol–water partition coefficient (Wildman–Crippen LogP) is 4.88. The minimum Gasteiger partial charge on any atom is -0.358 e. The van der Waals surface area contributed by atoms with Gasteiger partial charge in [-0.15, -0.1) is 0 Å². The van der Waals surface area contributed by atoms with E-state index in [0.717, 1.165) is 43.7 Å². The molecule has 0 bridgehead atoms. The number of thioether (sulfide) groups is 1. The second kappa shape index (κ2) is 8.09. The third-order valence-electron chi connectivity index (χ3n) is 4.82. The summed E-state index contributed by atoms with van der Waals surface area (Å²) in [7, 11) is 0. The molecule has 0 spiro atoms. The molecule has 0 aliphatic heterocycles. The molecule has 4 aromatic rings. The van der Waals surface area contributed by atoms with Crippen LogP contribution < -0.4 is 5.43 Å². The summed E-state index contributed by atoms with van der Waals surface area (Å²) in [5, 5.41) is 7.21. The number of aromatic nitrogens is 2. The molecule has 0 unspecified atom stereocenters. The van der Waals surface area contributed by atoms with E-state index in [1.54, 1.807) is 6.21 Å². The van der Waals surface area contributed by atoms with E-state index in [-0.39, 0.29) is 11.7 Å². The monoisotopic (exact) mass is 402 g/mol. The first-order valence-corrected chi connectivity index (χ1v) is 10.4. The lowest BCUT2D eigenvalue weighted by molar-refractivity contribution is -0.118. The highest BCUT2D eigenvalue weighted by molar-refractivity contribution is 7.99. The van der Waals surface area contributed by atoms with Crippen molar-refractivity contribution in [2.45, 2.75) is 25.8 Å². The molecule has 2 aromatic carbocycles. The van der Waals surface area contributed by atoms with E-state index >= 15 is 0 Å². The first-order chi connectivity index (χ1) is 14.0. The van der Waals surface area contributed by atoms with Gasteiger partial charge in [0.2, 0.25) is 5.91 Å². The fraction of sp³-hybridized carbons (Fsp3) is 0.174. The highest BCUT2D eigenvalue weighted by atomic mass is 32.2. The zero-order chi connectivity index (χ0) is 20.4. The van der Waals surface area contributed by atoms with Gasteiger partial charge in [0.05, 0.1) is 22.5 Å². The van der Waals surface area contributed by atoms with Crippen LogP contribution in [0.4, 0.5) is 0 Å². The molecule has 0 radical (unpaired) electrons. The van der Waals surface area contributed by atoms with Gasteiger partial charge in [0.25, 0.3) is 0 Å². The fourth-order valence-electron chi connectivity index (χ4n) is 3.36. The number of hydrogen-bond acceptors (Lipinski definition) is 4. The van der Waals surface area contributed by atoms with Crippen molar-refractivity contribution in [3.05, 3.63) is 70.9 Å². The number of fused-ring (bicyclic) bond motifs is 2. The lowest BCUT2D eigenvalue weighted by Crippen LogP contribution is -2.19. The molecule has 0 aliphatic carbocycles. The van der Waals surface area contributed by atoms with Crippen LogP contribution in [0, 0.1) is 20.8 Å². The summed E-state index contributed by atoms with van der Waals surface area (Å²) in [5.41, 5.74) is 8.99. The van der Waals surface area contributed by atoms with Crippen LogP contribution in [-0.4, -0.2) is 27.8 Å². The molecule has 0 saturated carbocycles. The van der Waals surface area contributed by atoms with Crippen molar-refractivity contribution in [2.75, 3.05) is 5.75 Å². The van der Waals surface area contributed by atoms with Gasteiger partial charge in [-0.05, 0) is 50.6 Å². The number of para-hydroxylation sites is 1. The number of H-pyrrole nitrogens is 1. The zero-order valence-corrected chi connectivity index (χ0v) is 17.4. The first-order valence-electron chi connectivity index (χ1n) is 9.41. The zero-order valence-electron chi connectivity index (χ0n) is 16.6. The van der Waals surface area contributed by atoms with Crippen molar-refractivity contribution in [3.8, 4) is 0 Å². The lowest BCUT2D eigenvalue weighted by Gasteiger charge is -2.07. The maximum absolute atomic E-state index is 12.2. The standard InChI is InChI=1S/C23H22N4OS/c1-14-8-9-21-18(10-14)15(2)11-23(26-21)29-13-22(28)27-24-12-19-16(3)25-20-7-5-4-6-17(19)20/h4-12,25H,13H2,1-3H3,(H,27,28). The number of aromatic amines is 1. The third-order valence-corrected chi connectivity index (χ3v) is 5.74. The summed E-state index contributed by atoms with van der Waals surface area (Å²) >= 11 is 1.41. The van der Waals surface area contributed by atoms with Crippen molar-refractivity contribution in [1.29, 1.82) is 0 Å². The van der Waals surface area contributed by atoms with Crippen molar-refractivity contribution < 1.29 is 4.79 Å². The SMILES string of the molecule is Cc1ccc2nc(SCC(=O)NN=Cc3c(C)[nH]c4ccccc34)cc(C)c2c1. The Labute approximate surface area is 173 Å². The number of carbonyl (C=O) groups is 1. The topological polar surface area (TPSA) is 70.1 Å². The van der Waals surface area contributed by atoms with Crippen LogP contribution in [0.2, 0.25) is 0 Å². The van der Waals surface area contributed by atoms with Crippen LogP contribution in [0.15, 0.2) is 58.7 Å². The van der Waals surface area contributed by atoms with Crippen molar-refractivity contribution in [2.24, 2.45) is 5.10 Å². The number of hydrazone groups is 1. The average Bonchev–Trinajstić information content (AvgIpc) is 3.02. The number of amides is 1. The molecule has 0 saturated heterocycles. The van der Waals surface area contributed by atoms with E-state index in [1.807, 2.05) is 43.3 Å². The maximum atomic E-state index is 12.2. The molecule has 0 fully saturated rings. The highest BCUT2D eigenvalue weighted by Crippen LogP contribution is 2.24. The van der Waals surface area contributed by atoms with Crippen LogP contribution >= 0.6 is 11.8 Å². The van der Waals surface area contributed by atoms with Gasteiger partial charge in [0.15, 0.2) is 0 Å². The second-order valence-corrected chi connectivity index (χ2v) is 8.08. The van der Waals surface area contributed by atoms with E-state index in [9.17, 15) is 4.79 Å². The quantitative estimate of drug-likeness (QED) is 0.284. The Morgan fingerprint density at radius 2 is 1.97 bits per heavy atom. The largest absolute Gasteiger partial charge is 0.358 e. The van der Waals surface area contributed by atoms with E-state index in [4.69, 9.17) is 0 Å². The molecule has 2 heterocycles. The normalized spacial score (nSPS) is 11.6. The number of pyridine rings is 1. The van der Waals surface area contributed by atoms with Gasteiger partial charge in [0.1, 0.15) is 0 Å². The Balaban J connectivity index is 1.40. The van der Waals surface area contributed by atoms with Gasteiger partial charge in [0, 0.05) is 27.5 Å². The molecule has 6 heteroatoms. The Kier molecular flexibility index (Phi) is 5.36. The predicted molar refractivity (Wildman–Crippen MR) is 121 cm³/mol. The smallest absolute Gasteiger partial charge is 0.250 e. The number of aryl methyl sites for hydroxylation is 3. The molecule has 4 rings (SSSR count). The van der Waals surface area contributed by atoms with E-state index < -0.39 is 0 Å². The van der Waals surface area contributed by atoms with E-state index in [0.29, 0.717) is 0 Å². The van der Waals surface area contributed by atoms with Gasteiger partial charge in [-0.25, -0.2) is 10.4 Å². The highest BCUT2D eigenvalue weighted by Gasteiger charge is 2.08. The van der Waals surface area contributed by atoms with Crippen molar-refractivity contribution >= 4 is 45.7 Å². The third kappa shape index (κ3) is 4.17. The Morgan fingerprint density at radius 1 is 1.14 bits per heavy atom. The molecular weight excluding hydrogens is 380 g/mol. The van der Waals surface area contributed by atoms with Crippen LogP contribution in [-0.2, 0) is 4.79 Å². The van der Waals surface area contributed by atoms with Crippen LogP contribution in [0.1, 0.15) is 22.4 Å². The molecule has 0 atom stereocenters. The van der Waals surface area contributed by atoms with Gasteiger partial charge in [-0.1, -0.05) is 41.6 Å². The molecule has 1 amide bonds. The van der Waals surface area contributed by atoms with Crippen molar-refractivity contribution in [3.63, 3.8) is 0 Å². The summed E-state index contributed by atoms with van der Waals surface area (Å²) in [6.07, 6.45) is 1.69. The van der Waals surface area contributed by atoms with Crippen LogP contribution in [0.5, 0.6) is 0 Å². The molecule has 29 heavy (non-hydrogen) atoms. The Hall–Kier alpha value is -3.12. The lowest BCUT2D eigenvalue weighted by atomic mass is 10.1. The number of rotatable bonds is 5. The Bertz CT molecular complexity index is 1240. The molecule has 2 N–H and O–H groups in total. The number of nitrogens with one attached hydrogen (secondary N) is 2. The second-order valence-electron chi connectivity index (χ2n) is 7.09. The molecule has 146 valence electrons. The molecule has 5 nitrogen and oxygen atoms in total. The number of nitrogens with zero attached hydrogens (tertiary/aromatic N) is 2. The Morgan fingerprint density at radius 3 is 2.83 bits per heavy atom. The van der Waals surface area contributed by atoms with Crippen LogP contribution in [0.25, 0.3) is 21.8 Å². The maximum Gasteiger partial charge on any atom is 0.250 e. The summed E-state index contributed by atoms with van der Waals surface area (Å²) in [4.78, 5) is 20.2. The summed E-state index contributed by atoms with van der Waals surface area (Å²) in [5.74, 6) is 0.0980. The number of carbonyl (C=O) groups excluding carboxylic acids is 1. The van der Waals surface area contributed by atoms with Gasteiger partial charge >= 0.3 is 0 Å².